The summed E-state index contributed by atoms with van der Waals surface area (Å²) in [4.78, 5) is 68.7. The number of thioether (sulfide) groups is 1. The normalized spacial score (nSPS) is 19.2. The van der Waals surface area contributed by atoms with Crippen molar-refractivity contribution in [2.24, 2.45) is 5.92 Å². The Hall–Kier alpha value is -4.32. The number of fused-ring (bicyclic) bond motifs is 1. The number of rotatable bonds is 17. The first kappa shape index (κ1) is 49.3. The van der Waals surface area contributed by atoms with Crippen molar-refractivity contribution in [3.05, 3.63) is 101 Å². The van der Waals surface area contributed by atoms with E-state index in [0.717, 1.165) is 40.6 Å². The van der Waals surface area contributed by atoms with E-state index in [9.17, 15) is 34.2 Å². The Labute approximate surface area is 369 Å². The van der Waals surface area contributed by atoms with Crippen molar-refractivity contribution >= 4 is 53.1 Å². The summed E-state index contributed by atoms with van der Waals surface area (Å²) in [5, 5.41) is 33.6. The van der Waals surface area contributed by atoms with Crippen molar-refractivity contribution in [2.45, 2.75) is 96.3 Å². The molecule has 4 amide bonds. The van der Waals surface area contributed by atoms with Crippen LogP contribution in [-0.2, 0) is 43.4 Å². The van der Waals surface area contributed by atoms with E-state index in [-0.39, 0.29) is 47.5 Å². The molecule has 1 saturated heterocycles. The molecule has 14 nitrogen and oxygen atoms in total. The average molecular weight is 878 g/mol. The number of nitrogens with zero attached hydrogens (tertiary/aromatic N) is 3. The highest BCUT2D eigenvalue weighted by molar-refractivity contribution is 8.13. The first-order valence-electron chi connectivity index (χ1n) is 20.8. The molecule has 332 valence electrons. The highest BCUT2D eigenvalue weighted by Crippen LogP contribution is 2.32. The van der Waals surface area contributed by atoms with Gasteiger partial charge in [0, 0.05) is 94.9 Å². The van der Waals surface area contributed by atoms with E-state index >= 15 is 0 Å². The van der Waals surface area contributed by atoms with Gasteiger partial charge in [0.1, 0.15) is 12.1 Å². The van der Waals surface area contributed by atoms with Crippen molar-refractivity contribution in [1.82, 2.24) is 36.1 Å². The second-order valence-electron chi connectivity index (χ2n) is 16.6. The van der Waals surface area contributed by atoms with Crippen LogP contribution in [0.25, 0.3) is 0 Å². The molecule has 0 spiro atoms. The second kappa shape index (κ2) is 24.4. The van der Waals surface area contributed by atoms with Crippen molar-refractivity contribution in [1.29, 1.82) is 0 Å². The number of amides is 4. The Morgan fingerprint density at radius 3 is 2.31 bits per heavy atom. The van der Waals surface area contributed by atoms with Crippen molar-refractivity contribution in [2.75, 3.05) is 44.2 Å². The molecule has 2 aliphatic rings. The van der Waals surface area contributed by atoms with Gasteiger partial charge in [-0.05, 0) is 61.9 Å². The number of carbonyl (C=O) groups excluding carboxylic acids is 5. The van der Waals surface area contributed by atoms with E-state index in [0.29, 0.717) is 44.8 Å². The number of benzene rings is 2. The summed E-state index contributed by atoms with van der Waals surface area (Å²) in [6, 6.07) is 20.0. The maximum absolute atomic E-state index is 13.8. The quantitative estimate of drug-likeness (QED) is 0.0780. The van der Waals surface area contributed by atoms with Crippen LogP contribution in [0.5, 0.6) is 0 Å². The first-order valence-corrected chi connectivity index (χ1v) is 22.4. The summed E-state index contributed by atoms with van der Waals surface area (Å²) in [6.07, 6.45) is 3.26. The molecule has 6 N–H and O–H groups in total. The number of pyridine rings is 1. The fourth-order valence-electron chi connectivity index (χ4n) is 7.50. The molecule has 5 rings (SSSR count). The maximum atomic E-state index is 13.8. The monoisotopic (exact) mass is 877 g/mol. The average Bonchev–Trinajstić information content (AvgIpc) is 3.53. The molecule has 2 aromatic carbocycles. The number of hydrogen-bond acceptors (Lipinski definition) is 12. The highest BCUT2D eigenvalue weighted by Gasteiger charge is 2.37. The summed E-state index contributed by atoms with van der Waals surface area (Å²) in [6.45, 7) is 12.0. The van der Waals surface area contributed by atoms with Gasteiger partial charge in [-0.15, -0.1) is 0 Å². The number of aliphatic hydroxyl groups excluding tert-OH is 2. The predicted octanol–water partition coefficient (Wildman–Crippen LogP) is 2.68. The topological polar surface area (TPSA) is 193 Å². The smallest absolute Gasteiger partial charge is 0.243 e. The van der Waals surface area contributed by atoms with Crippen LogP contribution in [-0.4, -0.2) is 128 Å². The lowest BCUT2D eigenvalue weighted by molar-refractivity contribution is -0.132. The lowest BCUT2D eigenvalue weighted by atomic mass is 9.91. The van der Waals surface area contributed by atoms with Crippen LogP contribution in [0.1, 0.15) is 69.3 Å². The molecule has 16 heteroatoms. The lowest BCUT2D eigenvalue weighted by Crippen LogP contribution is -2.61. The summed E-state index contributed by atoms with van der Waals surface area (Å²) in [5.41, 5.74) is 3.68. The second-order valence-corrected chi connectivity index (χ2v) is 18.3. The lowest BCUT2D eigenvalue weighted by Gasteiger charge is -2.42. The molecule has 0 radical (unpaired) electrons. The minimum atomic E-state index is -0.833. The summed E-state index contributed by atoms with van der Waals surface area (Å²) in [7, 11) is 0. The van der Waals surface area contributed by atoms with Gasteiger partial charge < -0.3 is 31.5 Å². The van der Waals surface area contributed by atoms with Crippen LogP contribution in [0.3, 0.4) is 0 Å². The van der Waals surface area contributed by atoms with Gasteiger partial charge in [0.05, 0.1) is 18.2 Å². The van der Waals surface area contributed by atoms with Crippen molar-refractivity contribution in [3.63, 3.8) is 0 Å². The molecule has 6 atom stereocenters. The van der Waals surface area contributed by atoms with Crippen LogP contribution in [0.15, 0.2) is 79.1 Å². The molecular formula is C45H63N7O7S2. The zero-order valence-corrected chi connectivity index (χ0v) is 37.6. The highest BCUT2D eigenvalue weighted by atomic mass is 32.2. The number of β-amino-alcohol motifs (C(OH)–C–C–N with tert-alkyl or cyclic N) is 1. The van der Waals surface area contributed by atoms with E-state index < -0.39 is 41.8 Å². The fraction of sp³-hybridized carbons (Fsp3) is 0.511. The standard InChI is InChI=1S/C36H47N5O4.C9H16N2O3S2/c1-36(2,3)39-35(45)31-24-40(22-26-12-9-15-37-21-26)16-17-41(31)23-29(42)19-28(18-25-10-5-4-6-11-25)34(44)38-33-30-14-8-7-13-27(30)20-32(33)43;1-6(12)11-8(5-15)9(14)10-3-4-16-7(2)13/h4-15,21,28-29,31-33,42-43H,16-20,22-24H2,1-3H3,(H,38,44)(H,39,45);8,15H,3-5H2,1-2H3,(H,10,14)(H,11,12)/t28-,29+,31+,32-,33+;8-/m10/s1. The predicted molar refractivity (Wildman–Crippen MR) is 242 cm³/mol. The van der Waals surface area contributed by atoms with Gasteiger partial charge in [-0.2, -0.15) is 12.6 Å². The largest absolute Gasteiger partial charge is 0.392 e. The molecule has 2 heterocycles. The third kappa shape index (κ3) is 16.8. The number of hydrogen-bond donors (Lipinski definition) is 7. The molecule has 1 aromatic heterocycles. The van der Waals surface area contributed by atoms with Crippen LogP contribution in [0, 0.1) is 5.92 Å². The van der Waals surface area contributed by atoms with Gasteiger partial charge in [-0.25, -0.2) is 0 Å². The van der Waals surface area contributed by atoms with E-state index in [1.807, 2.05) is 93.7 Å². The van der Waals surface area contributed by atoms with Gasteiger partial charge in [-0.1, -0.05) is 72.4 Å². The number of aromatic nitrogens is 1. The molecule has 0 bridgehead atoms. The van der Waals surface area contributed by atoms with Gasteiger partial charge in [-0.3, -0.25) is 38.8 Å². The van der Waals surface area contributed by atoms with E-state index in [2.05, 4.69) is 48.7 Å². The number of thiol groups is 1. The van der Waals surface area contributed by atoms with Crippen molar-refractivity contribution < 1.29 is 34.2 Å². The third-order valence-corrected chi connectivity index (χ3v) is 11.5. The summed E-state index contributed by atoms with van der Waals surface area (Å²) < 4.78 is 0. The Morgan fingerprint density at radius 2 is 1.66 bits per heavy atom. The van der Waals surface area contributed by atoms with Gasteiger partial charge in [0.15, 0.2) is 5.12 Å². The number of nitrogens with one attached hydrogen (secondary N) is 4. The van der Waals surface area contributed by atoms with E-state index in [1.54, 1.807) is 6.20 Å². The molecule has 0 saturated carbocycles. The van der Waals surface area contributed by atoms with Gasteiger partial charge in [0.25, 0.3) is 0 Å². The SMILES string of the molecule is CC(=O)N[C@@H](CS)C(=O)NCCSC(C)=O.CC(C)(C)NC(=O)[C@@H]1CN(Cc2cccnc2)CCN1C[C@@H](O)C[C@@H](Cc1ccccc1)C(=O)N[C@H]1c2ccccc2C[C@H]1O. The molecular weight excluding hydrogens is 815 g/mol. The fourth-order valence-corrected chi connectivity index (χ4v) is 8.25. The number of aliphatic hydroxyl groups is 2. The maximum Gasteiger partial charge on any atom is 0.243 e. The Balaban J connectivity index is 0.000000435. The van der Waals surface area contributed by atoms with Crippen LogP contribution in [0.4, 0.5) is 0 Å². The molecule has 0 unspecified atom stereocenters. The number of piperazine rings is 1. The van der Waals surface area contributed by atoms with Crippen LogP contribution < -0.4 is 21.3 Å². The zero-order valence-electron chi connectivity index (χ0n) is 35.9. The van der Waals surface area contributed by atoms with Gasteiger partial charge >= 0.3 is 0 Å². The zero-order chi connectivity index (χ0) is 44.5. The van der Waals surface area contributed by atoms with E-state index in [1.165, 1.54) is 13.8 Å². The Kier molecular flexibility index (Phi) is 19.7. The molecule has 1 fully saturated rings. The first-order chi connectivity index (χ1) is 29.0. The third-order valence-electron chi connectivity index (χ3n) is 10.3. The number of carbonyl (C=O) groups is 5. The van der Waals surface area contributed by atoms with Crippen LogP contribution in [0.2, 0.25) is 0 Å². The van der Waals surface area contributed by atoms with E-state index in [4.69, 9.17) is 0 Å². The molecule has 1 aliphatic heterocycles. The minimum absolute atomic E-state index is 0.0156. The molecule has 1 aliphatic carbocycles. The molecule has 3 aromatic rings. The minimum Gasteiger partial charge on any atom is -0.392 e. The summed E-state index contributed by atoms with van der Waals surface area (Å²) >= 11 is 5.12. The van der Waals surface area contributed by atoms with Crippen LogP contribution >= 0.6 is 24.4 Å². The van der Waals surface area contributed by atoms with Gasteiger partial charge in [0.2, 0.25) is 23.6 Å². The molecule has 61 heavy (non-hydrogen) atoms. The van der Waals surface area contributed by atoms with Crippen molar-refractivity contribution in [3.8, 4) is 0 Å². The Morgan fingerprint density at radius 1 is 0.951 bits per heavy atom. The Bertz CT molecular complexity index is 1890. The summed E-state index contributed by atoms with van der Waals surface area (Å²) in [5.74, 6) is -0.566.